The molecule has 3 rings (SSSR count). The van der Waals surface area contributed by atoms with Crippen LogP contribution in [0.4, 0.5) is 14.6 Å². The number of halogens is 2. The normalized spacial score (nSPS) is 34.0. The molecule has 2 heterocycles. The van der Waals surface area contributed by atoms with E-state index in [0.717, 1.165) is 10.8 Å². The van der Waals surface area contributed by atoms with Crippen LogP contribution >= 0.6 is 0 Å². The summed E-state index contributed by atoms with van der Waals surface area (Å²) in [4.78, 5) is 39.0. The summed E-state index contributed by atoms with van der Waals surface area (Å²) in [5, 5.41) is 0. The molecule has 1 unspecified atom stereocenters. The van der Waals surface area contributed by atoms with Gasteiger partial charge in [-0.3, -0.25) is 14.2 Å². The Morgan fingerprint density at radius 2 is 2.04 bits per heavy atom. The molecule has 1 saturated heterocycles. The van der Waals surface area contributed by atoms with Crippen LogP contribution in [0.1, 0.15) is 32.9 Å². The standard InChI is InChI=1S/C16H19F2N3O6/c1-3-9(22)25-13-15(7-17)16(13,26-10(23)4-2)11(18)12(27-15)21-6-5-8(19)20-14(21)24/h5-6,11-13H,3-4,7H2,1-2H3,(H2,19,20,24)/t11-,12+,13?,15+,16+/m0/s1. The molecule has 1 aromatic heterocycles. The smallest absolute Gasteiger partial charge is 0.351 e. The number of carbonyl (C=O) groups is 2. The number of rotatable bonds is 6. The van der Waals surface area contributed by atoms with E-state index >= 15 is 4.39 Å². The van der Waals surface area contributed by atoms with Gasteiger partial charge in [-0.2, -0.15) is 4.98 Å². The maximum absolute atomic E-state index is 15.4. The summed E-state index contributed by atoms with van der Waals surface area (Å²) < 4.78 is 45.9. The summed E-state index contributed by atoms with van der Waals surface area (Å²) in [6.45, 7) is 1.68. The summed E-state index contributed by atoms with van der Waals surface area (Å²) in [5.74, 6) is -1.64. The number of alkyl halides is 2. The van der Waals surface area contributed by atoms with E-state index in [4.69, 9.17) is 19.9 Å². The molecular formula is C16H19F2N3O6. The van der Waals surface area contributed by atoms with Gasteiger partial charge >= 0.3 is 17.6 Å². The highest BCUT2D eigenvalue weighted by Crippen LogP contribution is 2.67. The Kier molecular flexibility index (Phi) is 4.66. The molecule has 27 heavy (non-hydrogen) atoms. The lowest BCUT2D eigenvalue weighted by molar-refractivity contribution is -0.168. The number of carbonyl (C=O) groups excluding carboxylic acids is 2. The van der Waals surface area contributed by atoms with Gasteiger partial charge in [0.1, 0.15) is 12.5 Å². The van der Waals surface area contributed by atoms with Crippen molar-refractivity contribution in [2.24, 2.45) is 0 Å². The lowest BCUT2D eigenvalue weighted by Gasteiger charge is -2.24. The molecule has 11 heteroatoms. The highest BCUT2D eigenvalue weighted by atomic mass is 19.1. The van der Waals surface area contributed by atoms with Crippen LogP contribution in [0.15, 0.2) is 17.1 Å². The lowest BCUT2D eigenvalue weighted by Crippen LogP contribution is -2.41. The van der Waals surface area contributed by atoms with Crippen molar-refractivity contribution in [1.29, 1.82) is 0 Å². The molecule has 0 aromatic carbocycles. The zero-order valence-corrected chi connectivity index (χ0v) is 14.7. The number of ether oxygens (including phenoxy) is 3. The van der Waals surface area contributed by atoms with Gasteiger partial charge in [0.05, 0.1) is 0 Å². The van der Waals surface area contributed by atoms with Gasteiger partial charge in [0.15, 0.2) is 24.1 Å². The summed E-state index contributed by atoms with van der Waals surface area (Å²) >= 11 is 0. The Morgan fingerprint density at radius 3 is 2.59 bits per heavy atom. The molecule has 1 aromatic rings. The molecule has 2 fully saturated rings. The van der Waals surface area contributed by atoms with E-state index in [2.05, 4.69) is 4.98 Å². The second-order valence-electron chi connectivity index (χ2n) is 6.32. The molecular weight excluding hydrogens is 368 g/mol. The Hall–Kier alpha value is -2.56. The molecule has 1 aliphatic carbocycles. The van der Waals surface area contributed by atoms with Gasteiger partial charge in [-0.25, -0.2) is 13.6 Å². The quantitative estimate of drug-likeness (QED) is 0.697. The number of anilines is 1. The zero-order valence-electron chi connectivity index (χ0n) is 14.7. The summed E-state index contributed by atoms with van der Waals surface area (Å²) in [6, 6.07) is 1.24. The highest BCUT2D eigenvalue weighted by Gasteiger charge is 2.94. The molecule has 2 N–H and O–H groups in total. The van der Waals surface area contributed by atoms with Gasteiger partial charge in [0.2, 0.25) is 5.60 Å². The van der Waals surface area contributed by atoms with Crippen molar-refractivity contribution in [3.63, 3.8) is 0 Å². The minimum Gasteiger partial charge on any atom is -0.454 e. The number of nitrogen functional groups attached to an aromatic ring is 1. The van der Waals surface area contributed by atoms with Crippen LogP contribution in [0.2, 0.25) is 0 Å². The highest BCUT2D eigenvalue weighted by molar-refractivity contribution is 5.73. The summed E-state index contributed by atoms with van der Waals surface area (Å²) in [6.07, 6.45) is -4.27. The minimum atomic E-state index is -2.18. The Balaban J connectivity index is 2.01. The van der Waals surface area contributed by atoms with E-state index in [9.17, 15) is 18.8 Å². The largest absolute Gasteiger partial charge is 0.454 e. The summed E-state index contributed by atoms with van der Waals surface area (Å²) in [5.41, 5.74) is 0.276. The second-order valence-corrected chi connectivity index (χ2v) is 6.32. The number of esters is 2. The number of nitrogens with zero attached hydrogens (tertiary/aromatic N) is 2. The molecule has 0 bridgehead atoms. The Labute approximate surface area is 152 Å². The third-order valence-corrected chi connectivity index (χ3v) is 4.82. The molecule has 2 aliphatic rings. The fourth-order valence-electron chi connectivity index (χ4n) is 3.36. The van der Waals surface area contributed by atoms with Crippen LogP contribution in [0, 0.1) is 0 Å². The molecule has 0 amide bonds. The second kappa shape index (κ2) is 6.55. The van der Waals surface area contributed by atoms with Crippen molar-refractivity contribution in [1.82, 2.24) is 9.55 Å². The van der Waals surface area contributed by atoms with Crippen molar-refractivity contribution >= 4 is 17.8 Å². The molecule has 5 atom stereocenters. The number of fused-ring (bicyclic) bond motifs is 1. The first-order chi connectivity index (χ1) is 12.8. The third-order valence-electron chi connectivity index (χ3n) is 4.82. The number of hydrogen-bond donors (Lipinski definition) is 1. The first kappa shape index (κ1) is 19.2. The predicted molar refractivity (Wildman–Crippen MR) is 85.9 cm³/mol. The molecule has 1 aliphatic heterocycles. The van der Waals surface area contributed by atoms with Crippen molar-refractivity contribution in [3.8, 4) is 0 Å². The number of aromatic nitrogens is 2. The maximum atomic E-state index is 15.4. The van der Waals surface area contributed by atoms with E-state index in [-0.39, 0.29) is 18.7 Å². The summed E-state index contributed by atoms with van der Waals surface area (Å²) in [7, 11) is 0. The Bertz CT molecular complexity index is 833. The molecule has 148 valence electrons. The lowest BCUT2D eigenvalue weighted by atomic mass is 10.1. The van der Waals surface area contributed by atoms with Gasteiger partial charge < -0.3 is 19.9 Å². The van der Waals surface area contributed by atoms with Gasteiger partial charge in [-0.15, -0.1) is 0 Å². The van der Waals surface area contributed by atoms with E-state index in [1.54, 1.807) is 0 Å². The van der Waals surface area contributed by atoms with Gasteiger partial charge in [0, 0.05) is 19.0 Å². The molecule has 0 spiro atoms. The van der Waals surface area contributed by atoms with Crippen LogP contribution < -0.4 is 11.4 Å². The first-order valence-electron chi connectivity index (χ1n) is 8.41. The molecule has 0 radical (unpaired) electrons. The van der Waals surface area contributed by atoms with Gasteiger partial charge in [-0.1, -0.05) is 13.8 Å². The topological polar surface area (TPSA) is 123 Å². The average molecular weight is 387 g/mol. The zero-order chi connectivity index (χ0) is 20.0. The first-order valence-corrected chi connectivity index (χ1v) is 8.41. The van der Waals surface area contributed by atoms with Crippen molar-refractivity contribution in [3.05, 3.63) is 22.7 Å². The van der Waals surface area contributed by atoms with Crippen LogP contribution in [0.5, 0.6) is 0 Å². The fraction of sp³-hybridized carbons (Fsp3) is 0.625. The number of nitrogens with two attached hydrogens (primary N) is 1. The van der Waals surface area contributed by atoms with Crippen LogP contribution in [0.25, 0.3) is 0 Å². The predicted octanol–water partition coefficient (Wildman–Crippen LogP) is 0.428. The van der Waals surface area contributed by atoms with Crippen molar-refractivity contribution < 1.29 is 32.6 Å². The van der Waals surface area contributed by atoms with Crippen LogP contribution in [-0.2, 0) is 23.8 Å². The molecule has 1 saturated carbocycles. The van der Waals surface area contributed by atoms with E-state index in [1.165, 1.54) is 19.9 Å². The SMILES string of the molecule is CCC(=O)OC1[C@@]2(CF)O[C@@H](n3ccc(N)nc3=O)[C@H](F)[C@@]12OC(=O)CC. The van der Waals surface area contributed by atoms with E-state index < -0.39 is 54.0 Å². The minimum absolute atomic E-state index is 0.0433. The van der Waals surface area contributed by atoms with E-state index in [0.29, 0.717) is 0 Å². The maximum Gasteiger partial charge on any atom is 0.351 e. The average Bonchev–Trinajstić information content (AvgIpc) is 3.08. The molecule has 9 nitrogen and oxygen atoms in total. The van der Waals surface area contributed by atoms with Crippen LogP contribution in [-0.4, -0.2) is 51.6 Å². The monoisotopic (exact) mass is 387 g/mol. The third kappa shape index (κ3) is 2.59. The Morgan fingerprint density at radius 1 is 1.37 bits per heavy atom. The van der Waals surface area contributed by atoms with Crippen molar-refractivity contribution in [2.75, 3.05) is 12.4 Å². The van der Waals surface area contributed by atoms with Gasteiger partial charge in [0.25, 0.3) is 0 Å². The fourth-order valence-corrected chi connectivity index (χ4v) is 3.36. The van der Waals surface area contributed by atoms with E-state index in [1.807, 2.05) is 0 Å². The number of hydrogen-bond acceptors (Lipinski definition) is 8. The van der Waals surface area contributed by atoms with Crippen molar-refractivity contribution in [2.45, 2.75) is 56.4 Å². The van der Waals surface area contributed by atoms with Gasteiger partial charge in [-0.05, 0) is 6.07 Å². The van der Waals surface area contributed by atoms with Crippen LogP contribution in [0.3, 0.4) is 0 Å².